The Hall–Kier alpha value is -1.50. The first kappa shape index (κ1) is 14.6. The fourth-order valence-electron chi connectivity index (χ4n) is 1.42. The van der Waals surface area contributed by atoms with Crippen molar-refractivity contribution in [2.45, 2.75) is 25.7 Å². The molecule has 0 saturated carbocycles. The molecule has 1 atom stereocenters. The van der Waals surface area contributed by atoms with E-state index in [9.17, 15) is 13.6 Å². The Morgan fingerprint density at radius 3 is 2.78 bits per heavy atom. The molecule has 0 aliphatic carbocycles. The number of ether oxygens (including phenoxy) is 1. The van der Waals surface area contributed by atoms with Crippen LogP contribution in [0.3, 0.4) is 0 Å². The lowest BCUT2D eigenvalue weighted by molar-refractivity contribution is -0.146. The zero-order chi connectivity index (χ0) is 13.7. The number of carbonyl (C=O) groups excluding carboxylic acids is 1. The van der Waals surface area contributed by atoms with E-state index in [-0.39, 0.29) is 23.1 Å². The fraction of sp³-hybridized carbons (Fsp3) is 0.500. The van der Waals surface area contributed by atoms with Crippen LogP contribution >= 0.6 is 11.6 Å². The van der Waals surface area contributed by atoms with Gasteiger partial charge >= 0.3 is 5.97 Å². The van der Waals surface area contributed by atoms with Crippen molar-refractivity contribution < 1.29 is 18.3 Å². The second kappa shape index (κ2) is 6.44. The topological polar surface area (TPSA) is 78.1 Å². The molecule has 0 spiro atoms. The van der Waals surface area contributed by atoms with Crippen molar-refractivity contribution in [3.8, 4) is 0 Å². The highest BCUT2D eigenvalue weighted by molar-refractivity contribution is 6.30. The van der Waals surface area contributed by atoms with Gasteiger partial charge in [-0.1, -0.05) is 11.6 Å². The van der Waals surface area contributed by atoms with E-state index >= 15 is 0 Å². The van der Waals surface area contributed by atoms with Crippen LogP contribution in [-0.4, -0.2) is 29.2 Å². The molecular formula is C10H12ClF2N3O2. The minimum atomic E-state index is -2.68. The summed E-state index contributed by atoms with van der Waals surface area (Å²) in [4.78, 5) is 11.6. The molecule has 5 nitrogen and oxygen atoms in total. The largest absolute Gasteiger partial charge is 0.466 e. The van der Waals surface area contributed by atoms with Crippen molar-refractivity contribution >= 4 is 23.4 Å². The summed E-state index contributed by atoms with van der Waals surface area (Å²) in [6, 6.07) is 1.25. The van der Waals surface area contributed by atoms with Crippen LogP contribution in [0.15, 0.2) is 6.07 Å². The maximum absolute atomic E-state index is 12.5. The Labute approximate surface area is 107 Å². The lowest BCUT2D eigenvalue weighted by atomic mass is 9.98. The summed E-state index contributed by atoms with van der Waals surface area (Å²) >= 11 is 5.74. The first-order valence-electron chi connectivity index (χ1n) is 5.19. The SMILES string of the molecule is CCOC(=O)C(CC(F)F)c1cc(N)nnc1Cl. The van der Waals surface area contributed by atoms with Gasteiger partial charge in [-0.15, -0.1) is 10.2 Å². The van der Waals surface area contributed by atoms with E-state index < -0.39 is 24.7 Å². The lowest BCUT2D eigenvalue weighted by Gasteiger charge is -2.16. The fourth-order valence-corrected chi connectivity index (χ4v) is 1.65. The first-order chi connectivity index (χ1) is 8.45. The van der Waals surface area contributed by atoms with E-state index in [1.165, 1.54) is 6.07 Å². The van der Waals surface area contributed by atoms with E-state index in [1.54, 1.807) is 6.92 Å². The van der Waals surface area contributed by atoms with Gasteiger partial charge in [0.2, 0.25) is 6.43 Å². The molecule has 1 aromatic rings. The molecule has 0 aliphatic rings. The quantitative estimate of drug-likeness (QED) is 0.834. The second-order valence-corrected chi connectivity index (χ2v) is 3.80. The molecule has 100 valence electrons. The predicted molar refractivity (Wildman–Crippen MR) is 61.4 cm³/mol. The number of esters is 1. The minimum absolute atomic E-state index is 0.00188. The number of hydrogen-bond donors (Lipinski definition) is 1. The van der Waals surface area contributed by atoms with Crippen LogP contribution in [0.1, 0.15) is 24.8 Å². The molecule has 1 unspecified atom stereocenters. The Morgan fingerprint density at radius 2 is 2.22 bits per heavy atom. The van der Waals surface area contributed by atoms with Gasteiger partial charge in [-0.05, 0) is 13.0 Å². The molecule has 0 amide bonds. The Morgan fingerprint density at radius 1 is 1.56 bits per heavy atom. The van der Waals surface area contributed by atoms with Crippen LogP contribution in [0, 0.1) is 0 Å². The van der Waals surface area contributed by atoms with Gasteiger partial charge in [0.15, 0.2) is 5.15 Å². The summed E-state index contributed by atoms with van der Waals surface area (Å²) in [5.41, 5.74) is 5.50. The van der Waals surface area contributed by atoms with Gasteiger partial charge in [-0.2, -0.15) is 0 Å². The molecule has 1 heterocycles. The van der Waals surface area contributed by atoms with Gasteiger partial charge in [0, 0.05) is 12.0 Å². The van der Waals surface area contributed by atoms with Crippen LogP contribution in [0.5, 0.6) is 0 Å². The first-order valence-corrected chi connectivity index (χ1v) is 5.56. The molecule has 1 aromatic heterocycles. The number of nitrogens with zero attached hydrogens (tertiary/aromatic N) is 2. The van der Waals surface area contributed by atoms with Crippen LogP contribution in [-0.2, 0) is 9.53 Å². The van der Waals surface area contributed by atoms with Crippen molar-refractivity contribution in [2.75, 3.05) is 12.3 Å². The number of nitrogens with two attached hydrogens (primary N) is 1. The van der Waals surface area contributed by atoms with Gasteiger partial charge in [-0.3, -0.25) is 4.79 Å². The highest BCUT2D eigenvalue weighted by Gasteiger charge is 2.28. The summed E-state index contributed by atoms with van der Waals surface area (Å²) < 4.78 is 29.7. The number of anilines is 1. The van der Waals surface area contributed by atoms with Gasteiger partial charge in [0.1, 0.15) is 5.82 Å². The number of aromatic nitrogens is 2. The Balaban J connectivity index is 3.08. The summed E-state index contributed by atoms with van der Waals surface area (Å²) in [6.07, 6.45) is -3.38. The van der Waals surface area contributed by atoms with Gasteiger partial charge in [0.25, 0.3) is 0 Å². The normalized spacial score (nSPS) is 12.5. The van der Waals surface area contributed by atoms with E-state index in [1.807, 2.05) is 0 Å². The molecule has 0 bridgehead atoms. The third kappa shape index (κ3) is 3.76. The highest BCUT2D eigenvalue weighted by atomic mass is 35.5. The Kier molecular flexibility index (Phi) is 5.21. The van der Waals surface area contributed by atoms with Crippen molar-refractivity contribution in [1.29, 1.82) is 0 Å². The number of hydrogen-bond acceptors (Lipinski definition) is 5. The van der Waals surface area contributed by atoms with Crippen molar-refractivity contribution in [1.82, 2.24) is 10.2 Å². The standard InChI is InChI=1S/C10H12ClF2N3O2/c1-2-18-10(17)6(3-7(12)13)5-4-8(14)15-16-9(5)11/h4,6-7H,2-3H2,1H3,(H2,14,15). The molecular weight excluding hydrogens is 268 g/mol. The van der Waals surface area contributed by atoms with E-state index in [0.29, 0.717) is 0 Å². The molecule has 0 radical (unpaired) electrons. The molecule has 2 N–H and O–H groups in total. The minimum Gasteiger partial charge on any atom is -0.466 e. The summed E-state index contributed by atoms with van der Waals surface area (Å²) in [5.74, 6) is -1.99. The monoisotopic (exact) mass is 279 g/mol. The number of carbonyl (C=O) groups is 1. The van der Waals surface area contributed by atoms with E-state index in [2.05, 4.69) is 10.2 Å². The third-order valence-corrected chi connectivity index (χ3v) is 2.45. The Bertz CT molecular complexity index is 432. The molecule has 1 rings (SSSR count). The third-order valence-electron chi connectivity index (χ3n) is 2.16. The van der Waals surface area contributed by atoms with Crippen LogP contribution < -0.4 is 5.73 Å². The lowest BCUT2D eigenvalue weighted by Crippen LogP contribution is -2.19. The molecule has 0 saturated heterocycles. The molecule has 0 aliphatic heterocycles. The van der Waals surface area contributed by atoms with Crippen LogP contribution in [0.4, 0.5) is 14.6 Å². The van der Waals surface area contributed by atoms with Crippen molar-refractivity contribution in [3.05, 3.63) is 16.8 Å². The number of alkyl halides is 2. The van der Waals surface area contributed by atoms with Gasteiger partial charge in [0.05, 0.1) is 12.5 Å². The van der Waals surface area contributed by atoms with Gasteiger partial charge < -0.3 is 10.5 Å². The van der Waals surface area contributed by atoms with E-state index in [0.717, 1.165) is 0 Å². The molecule has 8 heteroatoms. The summed E-state index contributed by atoms with van der Waals surface area (Å²) in [6.45, 7) is 1.67. The smallest absolute Gasteiger partial charge is 0.313 e. The summed E-state index contributed by atoms with van der Waals surface area (Å²) in [7, 11) is 0. The van der Waals surface area contributed by atoms with Crippen molar-refractivity contribution in [3.63, 3.8) is 0 Å². The average Bonchev–Trinajstić information content (AvgIpc) is 2.29. The van der Waals surface area contributed by atoms with Crippen LogP contribution in [0.2, 0.25) is 5.15 Å². The molecule has 18 heavy (non-hydrogen) atoms. The number of rotatable bonds is 5. The molecule has 0 fully saturated rings. The predicted octanol–water partition coefficient (Wildman–Crippen LogP) is 2.01. The zero-order valence-corrected chi connectivity index (χ0v) is 10.3. The van der Waals surface area contributed by atoms with Crippen molar-refractivity contribution in [2.24, 2.45) is 0 Å². The van der Waals surface area contributed by atoms with E-state index in [4.69, 9.17) is 22.1 Å². The van der Waals surface area contributed by atoms with Crippen LogP contribution in [0.25, 0.3) is 0 Å². The zero-order valence-electron chi connectivity index (χ0n) is 9.57. The average molecular weight is 280 g/mol. The maximum atomic E-state index is 12.5. The number of nitrogen functional groups attached to an aromatic ring is 1. The van der Waals surface area contributed by atoms with Gasteiger partial charge in [-0.25, -0.2) is 8.78 Å². The number of halogens is 3. The second-order valence-electron chi connectivity index (χ2n) is 3.45. The highest BCUT2D eigenvalue weighted by Crippen LogP contribution is 2.29. The summed E-state index contributed by atoms with van der Waals surface area (Å²) in [5, 5.41) is 6.81. The molecule has 0 aromatic carbocycles. The maximum Gasteiger partial charge on any atom is 0.313 e.